The van der Waals surface area contributed by atoms with Gasteiger partial charge in [-0.3, -0.25) is 13.9 Å². The first kappa shape index (κ1) is 32.4. The van der Waals surface area contributed by atoms with Gasteiger partial charge in [-0.15, -0.1) is 0 Å². The molecule has 3 rings (SSSR count). The normalized spacial score (nSPS) is 12.2. The van der Waals surface area contributed by atoms with Gasteiger partial charge in [-0.25, -0.2) is 8.42 Å². The van der Waals surface area contributed by atoms with E-state index in [1.807, 2.05) is 39.8 Å². The minimum atomic E-state index is -4.13. The van der Waals surface area contributed by atoms with Gasteiger partial charge >= 0.3 is 0 Å². The number of halogens is 2. The molecule has 0 radical (unpaired) electrons. The molecule has 2 amide bonds. The molecule has 220 valence electrons. The van der Waals surface area contributed by atoms with Crippen LogP contribution in [0.4, 0.5) is 5.69 Å². The summed E-state index contributed by atoms with van der Waals surface area (Å²) in [6, 6.07) is 17.7. The van der Waals surface area contributed by atoms with Crippen molar-refractivity contribution in [2.45, 2.75) is 64.4 Å². The smallest absolute Gasteiger partial charge is 0.264 e. The summed E-state index contributed by atoms with van der Waals surface area (Å²) in [5.74, 6) is -0.634. The number of carbonyl (C=O) groups excluding carboxylic acids is 2. The summed E-state index contributed by atoms with van der Waals surface area (Å²) in [4.78, 5) is 28.4. The van der Waals surface area contributed by atoms with Gasteiger partial charge in [0.05, 0.1) is 20.6 Å². The van der Waals surface area contributed by atoms with Crippen molar-refractivity contribution >= 4 is 50.7 Å². The first-order valence-electron chi connectivity index (χ1n) is 13.6. The molecule has 0 saturated carbocycles. The van der Waals surface area contributed by atoms with Gasteiger partial charge in [-0.2, -0.15) is 0 Å². The lowest BCUT2D eigenvalue weighted by molar-refractivity contribution is -0.139. The number of hydrogen-bond donors (Lipinski definition) is 1. The largest absolute Gasteiger partial charge is 0.354 e. The van der Waals surface area contributed by atoms with Crippen molar-refractivity contribution in [2.75, 3.05) is 17.4 Å². The third-order valence-corrected chi connectivity index (χ3v) is 9.32. The number of hydrogen-bond acceptors (Lipinski definition) is 4. The Hall–Kier alpha value is -3.07. The van der Waals surface area contributed by atoms with Crippen molar-refractivity contribution in [1.29, 1.82) is 0 Å². The Balaban J connectivity index is 2.04. The highest BCUT2D eigenvalue weighted by atomic mass is 35.5. The zero-order valence-electron chi connectivity index (χ0n) is 24.0. The second kappa shape index (κ2) is 14.2. The predicted octanol–water partition coefficient (Wildman–Crippen LogP) is 6.56. The third-order valence-electron chi connectivity index (χ3n) is 6.79. The van der Waals surface area contributed by atoms with E-state index in [2.05, 4.69) is 5.32 Å². The van der Waals surface area contributed by atoms with Gasteiger partial charge in [0.2, 0.25) is 11.8 Å². The monoisotopic (exact) mass is 617 g/mol. The number of amides is 2. The lowest BCUT2D eigenvalue weighted by atomic mass is 10.0. The number of carbonyl (C=O) groups is 2. The lowest BCUT2D eigenvalue weighted by Gasteiger charge is -2.32. The van der Waals surface area contributed by atoms with Crippen molar-refractivity contribution in [1.82, 2.24) is 10.2 Å². The first-order chi connectivity index (χ1) is 19.3. The number of anilines is 1. The van der Waals surface area contributed by atoms with Crippen LogP contribution in [0.25, 0.3) is 0 Å². The van der Waals surface area contributed by atoms with Gasteiger partial charge in [-0.05, 0) is 73.7 Å². The maximum absolute atomic E-state index is 14.0. The van der Waals surface area contributed by atoms with E-state index in [-0.39, 0.29) is 23.3 Å². The summed E-state index contributed by atoms with van der Waals surface area (Å²) < 4.78 is 29.0. The summed E-state index contributed by atoms with van der Waals surface area (Å²) in [5.41, 5.74) is 2.95. The second-order valence-electron chi connectivity index (χ2n) is 10.3. The number of nitrogens with one attached hydrogen (secondary N) is 1. The van der Waals surface area contributed by atoms with Gasteiger partial charge in [0.1, 0.15) is 12.6 Å². The zero-order chi connectivity index (χ0) is 30.3. The van der Waals surface area contributed by atoms with Crippen LogP contribution in [0.5, 0.6) is 0 Å². The molecule has 10 heteroatoms. The fourth-order valence-corrected chi connectivity index (χ4v) is 5.94. The highest BCUT2D eigenvalue weighted by Gasteiger charge is 2.32. The lowest BCUT2D eigenvalue weighted by Crippen LogP contribution is -2.51. The topological polar surface area (TPSA) is 86.8 Å². The Labute approximate surface area is 253 Å². The van der Waals surface area contributed by atoms with E-state index in [4.69, 9.17) is 23.2 Å². The van der Waals surface area contributed by atoms with Crippen LogP contribution in [-0.2, 0) is 26.2 Å². The maximum Gasteiger partial charge on any atom is 0.264 e. The summed E-state index contributed by atoms with van der Waals surface area (Å²) in [6.07, 6.45) is 0.730. The van der Waals surface area contributed by atoms with Crippen LogP contribution in [0.15, 0.2) is 71.6 Å². The molecule has 3 aromatic rings. The van der Waals surface area contributed by atoms with E-state index in [0.29, 0.717) is 27.8 Å². The molecule has 1 N–H and O–H groups in total. The van der Waals surface area contributed by atoms with Gasteiger partial charge in [0.15, 0.2) is 0 Å². The molecule has 0 heterocycles. The molecule has 0 fully saturated rings. The molecule has 0 saturated heterocycles. The number of benzene rings is 3. The number of aryl methyl sites for hydroxylation is 1. The molecule has 41 heavy (non-hydrogen) atoms. The molecule has 0 aliphatic carbocycles. The predicted molar refractivity (Wildman–Crippen MR) is 166 cm³/mol. The van der Waals surface area contributed by atoms with E-state index in [9.17, 15) is 18.0 Å². The van der Waals surface area contributed by atoms with Crippen LogP contribution in [0, 0.1) is 6.92 Å². The van der Waals surface area contributed by atoms with Crippen LogP contribution >= 0.6 is 23.2 Å². The average molecular weight is 619 g/mol. The molecule has 0 aliphatic heterocycles. The summed E-state index contributed by atoms with van der Waals surface area (Å²) in [7, 11) is -4.13. The van der Waals surface area contributed by atoms with Gasteiger partial charge in [0.25, 0.3) is 10.0 Å². The molecule has 0 unspecified atom stereocenters. The zero-order valence-corrected chi connectivity index (χ0v) is 26.4. The molecule has 0 aliphatic rings. The molecule has 7 nitrogen and oxygen atoms in total. The first-order valence-corrected chi connectivity index (χ1v) is 15.7. The van der Waals surface area contributed by atoms with Gasteiger partial charge in [0, 0.05) is 13.1 Å². The van der Waals surface area contributed by atoms with Crippen LogP contribution in [0.2, 0.25) is 10.0 Å². The summed E-state index contributed by atoms with van der Waals surface area (Å²) in [5, 5.41) is 3.50. The minimum absolute atomic E-state index is 0.0289. The minimum Gasteiger partial charge on any atom is -0.354 e. The Morgan fingerprint density at radius 2 is 1.54 bits per heavy atom. The van der Waals surface area contributed by atoms with Crippen molar-refractivity contribution in [3.05, 3.63) is 93.5 Å². The fourth-order valence-electron chi connectivity index (χ4n) is 4.20. The van der Waals surface area contributed by atoms with Crippen molar-refractivity contribution in [3.8, 4) is 0 Å². The third kappa shape index (κ3) is 8.24. The number of nitrogens with zero attached hydrogens (tertiary/aromatic N) is 2. The summed E-state index contributed by atoms with van der Waals surface area (Å²) >= 11 is 12.3. The van der Waals surface area contributed by atoms with E-state index in [1.165, 1.54) is 17.0 Å². The molecule has 3 aromatic carbocycles. The van der Waals surface area contributed by atoms with Gasteiger partial charge in [-0.1, -0.05) is 79.9 Å². The van der Waals surface area contributed by atoms with E-state index >= 15 is 0 Å². The Kier molecular flexibility index (Phi) is 11.2. The molecule has 0 spiro atoms. The Morgan fingerprint density at radius 3 is 2.10 bits per heavy atom. The molecule has 1 atom stereocenters. The molecular formula is C31H37Cl2N3O4S. The standard InChI is InChI=1S/C31H37Cl2N3O4S/c1-6-17-34-31(38)23(5)35(19-24-9-16-28(32)29(33)18-24)30(37)20-36(26-12-10-25(11-13-26)21(2)3)41(39,40)27-14-7-22(4)8-15-27/h7-16,18,21,23H,6,17,19-20H2,1-5H3,(H,34,38)/t23-/m1/s1. The molecule has 0 bridgehead atoms. The Morgan fingerprint density at radius 1 is 0.902 bits per heavy atom. The van der Waals surface area contributed by atoms with Crippen LogP contribution < -0.4 is 9.62 Å². The van der Waals surface area contributed by atoms with Crippen molar-refractivity contribution in [3.63, 3.8) is 0 Å². The molecular weight excluding hydrogens is 581 g/mol. The van der Waals surface area contributed by atoms with E-state index in [0.717, 1.165) is 21.9 Å². The quantitative estimate of drug-likeness (QED) is 0.249. The van der Waals surface area contributed by atoms with E-state index < -0.39 is 28.5 Å². The van der Waals surface area contributed by atoms with Crippen LogP contribution in [0.1, 0.15) is 56.7 Å². The van der Waals surface area contributed by atoms with Crippen molar-refractivity contribution in [2.24, 2.45) is 0 Å². The Bertz CT molecular complexity index is 1460. The molecule has 0 aromatic heterocycles. The summed E-state index contributed by atoms with van der Waals surface area (Å²) in [6.45, 7) is 9.49. The maximum atomic E-state index is 14.0. The van der Waals surface area contributed by atoms with Gasteiger partial charge < -0.3 is 10.2 Å². The van der Waals surface area contributed by atoms with Crippen molar-refractivity contribution < 1.29 is 18.0 Å². The highest BCUT2D eigenvalue weighted by molar-refractivity contribution is 7.92. The average Bonchev–Trinajstić information content (AvgIpc) is 2.94. The number of rotatable bonds is 12. The highest BCUT2D eigenvalue weighted by Crippen LogP contribution is 2.28. The van der Waals surface area contributed by atoms with Crippen LogP contribution in [-0.4, -0.2) is 44.3 Å². The van der Waals surface area contributed by atoms with E-state index in [1.54, 1.807) is 49.4 Å². The second-order valence-corrected chi connectivity index (χ2v) is 13.0. The van der Waals surface area contributed by atoms with Crippen LogP contribution in [0.3, 0.4) is 0 Å². The SMILES string of the molecule is CCCNC(=O)[C@@H](C)N(Cc1ccc(Cl)c(Cl)c1)C(=O)CN(c1ccc(C(C)C)cc1)S(=O)(=O)c1ccc(C)cc1. The number of sulfonamides is 1. The fraction of sp³-hybridized carbons (Fsp3) is 0.355.